The molecule has 2 aromatic rings. The molecule has 1 aromatic carbocycles. The summed E-state index contributed by atoms with van der Waals surface area (Å²) in [4.78, 5) is 12.5. The van der Waals surface area contributed by atoms with Gasteiger partial charge in [-0.25, -0.2) is 4.68 Å². The van der Waals surface area contributed by atoms with Crippen LogP contribution in [0.2, 0.25) is 0 Å². The number of carbonyl (C=O) groups is 1. The van der Waals surface area contributed by atoms with Crippen LogP contribution < -0.4 is 10.1 Å². The topological polar surface area (TPSA) is 79.9 Å². The molecule has 1 aliphatic heterocycles. The third kappa shape index (κ3) is 3.10. The first kappa shape index (κ1) is 16.4. The number of rotatable bonds is 4. The van der Waals surface area contributed by atoms with Gasteiger partial charge >= 0.3 is 0 Å². The van der Waals surface area contributed by atoms with Gasteiger partial charge < -0.3 is 10.1 Å². The summed E-state index contributed by atoms with van der Waals surface area (Å²) >= 11 is 1.67. The third-order valence-electron chi connectivity index (χ3n) is 3.99. The van der Waals surface area contributed by atoms with Crippen molar-refractivity contribution in [3.05, 3.63) is 41.7 Å². The average molecular weight is 342 g/mol. The Labute approximate surface area is 144 Å². The second kappa shape index (κ2) is 6.57. The van der Waals surface area contributed by atoms with E-state index in [1.807, 2.05) is 25.1 Å². The van der Waals surface area contributed by atoms with Crippen molar-refractivity contribution in [1.29, 1.82) is 5.26 Å². The number of methoxy groups -OCH3 is 1. The van der Waals surface area contributed by atoms with Crippen LogP contribution in [-0.2, 0) is 0 Å². The Bertz CT molecular complexity index is 803. The molecule has 1 atom stereocenters. The van der Waals surface area contributed by atoms with Crippen LogP contribution >= 0.6 is 11.8 Å². The van der Waals surface area contributed by atoms with Gasteiger partial charge in [0.05, 0.1) is 13.2 Å². The summed E-state index contributed by atoms with van der Waals surface area (Å²) in [7, 11) is 1.60. The zero-order valence-electron chi connectivity index (χ0n) is 13.6. The van der Waals surface area contributed by atoms with Gasteiger partial charge in [-0.15, -0.1) is 0 Å². The van der Waals surface area contributed by atoms with Crippen LogP contribution in [0.1, 0.15) is 22.5 Å². The number of amides is 1. The summed E-state index contributed by atoms with van der Waals surface area (Å²) in [6, 6.07) is 9.64. The molecule has 0 aliphatic carbocycles. The molecule has 0 radical (unpaired) electrons. The molecule has 3 rings (SSSR count). The highest BCUT2D eigenvalue weighted by Gasteiger charge is 2.36. The fourth-order valence-corrected chi connectivity index (χ4v) is 3.89. The van der Waals surface area contributed by atoms with Gasteiger partial charge in [-0.05, 0) is 42.9 Å². The van der Waals surface area contributed by atoms with Gasteiger partial charge in [-0.1, -0.05) is 6.07 Å². The van der Waals surface area contributed by atoms with E-state index in [0.29, 0.717) is 17.9 Å². The quantitative estimate of drug-likeness (QED) is 0.922. The number of nitrogens with zero attached hydrogens (tertiary/aromatic N) is 3. The van der Waals surface area contributed by atoms with Crippen molar-refractivity contribution in [1.82, 2.24) is 15.1 Å². The maximum atomic E-state index is 12.5. The summed E-state index contributed by atoms with van der Waals surface area (Å²) in [6.45, 7) is 1.98. The first-order chi connectivity index (χ1) is 11.6. The summed E-state index contributed by atoms with van der Waals surface area (Å²) in [5.41, 5.74) is 1.33. The molecule has 1 fully saturated rings. The highest BCUT2D eigenvalue weighted by Crippen LogP contribution is 2.28. The van der Waals surface area contributed by atoms with Crippen LogP contribution in [0.15, 0.2) is 30.5 Å². The number of hydrogen-bond acceptors (Lipinski definition) is 5. The minimum absolute atomic E-state index is 0.282. The summed E-state index contributed by atoms with van der Waals surface area (Å²) in [6.07, 6.45) is 2.38. The van der Waals surface area contributed by atoms with Crippen molar-refractivity contribution in [3.8, 4) is 17.5 Å². The summed E-state index contributed by atoms with van der Waals surface area (Å²) in [5.74, 6) is 1.84. The Morgan fingerprint density at radius 2 is 2.33 bits per heavy atom. The van der Waals surface area contributed by atoms with E-state index in [2.05, 4.69) is 16.5 Å². The highest BCUT2D eigenvalue weighted by molar-refractivity contribution is 7.99. The molecule has 1 amide bonds. The average Bonchev–Trinajstić information content (AvgIpc) is 3.24. The van der Waals surface area contributed by atoms with E-state index in [-0.39, 0.29) is 11.6 Å². The molecule has 24 heavy (non-hydrogen) atoms. The van der Waals surface area contributed by atoms with E-state index in [4.69, 9.17) is 4.74 Å². The largest absolute Gasteiger partial charge is 0.494 e. The van der Waals surface area contributed by atoms with Crippen LogP contribution in [0.25, 0.3) is 5.69 Å². The lowest BCUT2D eigenvalue weighted by Crippen LogP contribution is -2.47. The summed E-state index contributed by atoms with van der Waals surface area (Å²) < 4.78 is 6.97. The Hall–Kier alpha value is -2.46. The van der Waals surface area contributed by atoms with Crippen molar-refractivity contribution in [3.63, 3.8) is 0 Å². The molecule has 2 heterocycles. The van der Waals surface area contributed by atoms with Crippen molar-refractivity contribution < 1.29 is 9.53 Å². The van der Waals surface area contributed by atoms with Gasteiger partial charge in [0.2, 0.25) is 0 Å². The SMILES string of the molecule is COc1ccc(C)cc1-n1ccc(C(=O)N[C@]2(C#N)CCSC2)n1. The van der Waals surface area contributed by atoms with Crippen molar-refractivity contribution >= 4 is 17.7 Å². The molecule has 0 bridgehead atoms. The number of nitriles is 1. The summed E-state index contributed by atoms with van der Waals surface area (Å²) in [5, 5.41) is 16.6. The van der Waals surface area contributed by atoms with Crippen LogP contribution in [0.5, 0.6) is 5.75 Å². The number of hydrogen-bond donors (Lipinski definition) is 1. The minimum Gasteiger partial charge on any atom is -0.494 e. The van der Waals surface area contributed by atoms with E-state index >= 15 is 0 Å². The van der Waals surface area contributed by atoms with E-state index < -0.39 is 5.54 Å². The molecule has 1 N–H and O–H groups in total. The van der Waals surface area contributed by atoms with Gasteiger partial charge in [-0.3, -0.25) is 4.79 Å². The monoisotopic (exact) mass is 342 g/mol. The molecule has 1 aromatic heterocycles. The van der Waals surface area contributed by atoms with Gasteiger partial charge in [0.25, 0.3) is 5.91 Å². The van der Waals surface area contributed by atoms with Gasteiger partial charge in [0, 0.05) is 11.9 Å². The number of nitrogens with one attached hydrogen (secondary N) is 1. The highest BCUT2D eigenvalue weighted by atomic mass is 32.2. The predicted octanol–water partition coefficient (Wildman–Crippen LogP) is 2.32. The normalized spacial score (nSPS) is 19.7. The predicted molar refractivity (Wildman–Crippen MR) is 92.6 cm³/mol. The second-order valence-corrected chi connectivity index (χ2v) is 6.88. The van der Waals surface area contributed by atoms with Crippen LogP contribution in [0.4, 0.5) is 0 Å². The molecule has 0 spiro atoms. The van der Waals surface area contributed by atoms with Gasteiger partial charge in [0.15, 0.2) is 5.69 Å². The lowest BCUT2D eigenvalue weighted by molar-refractivity contribution is 0.0920. The molecule has 1 saturated heterocycles. The zero-order chi connectivity index (χ0) is 17.2. The molecular formula is C17H18N4O2S. The molecule has 124 valence electrons. The lowest BCUT2D eigenvalue weighted by atomic mass is 10.0. The Balaban J connectivity index is 1.85. The number of aromatic nitrogens is 2. The maximum absolute atomic E-state index is 12.5. The molecule has 7 heteroatoms. The second-order valence-electron chi connectivity index (χ2n) is 5.77. The van der Waals surface area contributed by atoms with E-state index in [9.17, 15) is 10.1 Å². The number of ether oxygens (including phenoxy) is 1. The maximum Gasteiger partial charge on any atom is 0.273 e. The Morgan fingerprint density at radius 1 is 1.50 bits per heavy atom. The molecule has 0 saturated carbocycles. The molecule has 6 nitrogen and oxygen atoms in total. The molecule has 1 aliphatic rings. The van der Waals surface area contributed by atoms with E-state index in [1.54, 1.807) is 35.8 Å². The van der Waals surface area contributed by atoms with E-state index in [1.165, 1.54) is 0 Å². The minimum atomic E-state index is -0.785. The Morgan fingerprint density at radius 3 is 3.00 bits per heavy atom. The first-order valence-electron chi connectivity index (χ1n) is 7.59. The van der Waals surface area contributed by atoms with Crippen LogP contribution in [0, 0.1) is 18.3 Å². The van der Waals surface area contributed by atoms with Crippen molar-refractivity contribution in [2.45, 2.75) is 18.9 Å². The number of carbonyl (C=O) groups excluding carboxylic acids is 1. The van der Waals surface area contributed by atoms with Gasteiger partial charge in [-0.2, -0.15) is 22.1 Å². The van der Waals surface area contributed by atoms with Crippen LogP contribution in [-0.4, -0.2) is 39.8 Å². The van der Waals surface area contributed by atoms with Crippen LogP contribution in [0.3, 0.4) is 0 Å². The lowest BCUT2D eigenvalue weighted by Gasteiger charge is -2.20. The zero-order valence-corrected chi connectivity index (χ0v) is 14.4. The number of benzene rings is 1. The first-order valence-corrected chi connectivity index (χ1v) is 8.74. The number of thioether (sulfide) groups is 1. The third-order valence-corrected chi connectivity index (χ3v) is 5.18. The van der Waals surface area contributed by atoms with E-state index in [0.717, 1.165) is 17.0 Å². The van der Waals surface area contributed by atoms with Gasteiger partial charge in [0.1, 0.15) is 17.0 Å². The Kier molecular flexibility index (Phi) is 4.49. The number of aryl methyl sites for hydroxylation is 1. The van der Waals surface area contributed by atoms with Crippen molar-refractivity contribution in [2.24, 2.45) is 0 Å². The standard InChI is InChI=1S/C17H18N4O2S/c1-12-3-4-15(23-2)14(9-12)21-7-5-13(20-21)16(22)19-17(10-18)6-8-24-11-17/h3-5,7,9H,6,8,11H2,1-2H3,(H,19,22)/t17-/m0/s1. The van der Waals surface area contributed by atoms with Crippen molar-refractivity contribution in [2.75, 3.05) is 18.6 Å². The molecular weight excluding hydrogens is 324 g/mol. The fraction of sp³-hybridized carbons (Fsp3) is 0.353. The molecule has 0 unspecified atom stereocenters. The smallest absolute Gasteiger partial charge is 0.273 e. The fourth-order valence-electron chi connectivity index (χ4n) is 2.62.